The summed E-state index contributed by atoms with van der Waals surface area (Å²) in [6.07, 6.45) is 0. The Morgan fingerprint density at radius 3 is 2.21 bits per heavy atom. The largest absolute Gasteiger partial charge is 0.481 e. The average molecular weight is 286 g/mol. The second kappa shape index (κ2) is 5.58. The lowest BCUT2D eigenvalue weighted by atomic mass is 9.85. The Morgan fingerprint density at radius 2 is 1.79 bits per heavy atom. The van der Waals surface area contributed by atoms with Gasteiger partial charge in [0.15, 0.2) is 0 Å². The van der Waals surface area contributed by atoms with Crippen LogP contribution in [-0.4, -0.2) is 26.0 Å². The molecular formula is C12H18N2O4S. The second-order valence-corrected chi connectivity index (χ2v) is 6.11. The monoisotopic (exact) mass is 286 g/mol. The summed E-state index contributed by atoms with van der Waals surface area (Å²) in [6.45, 7) is 5.15. The third-order valence-corrected chi connectivity index (χ3v) is 3.90. The SMILES string of the molecule is CCNS(=O)(=O)Nc1ccc(C(C)(C)C(=O)O)cc1. The van der Waals surface area contributed by atoms with Gasteiger partial charge in [0, 0.05) is 12.2 Å². The van der Waals surface area contributed by atoms with Crippen LogP contribution >= 0.6 is 0 Å². The topological polar surface area (TPSA) is 95.5 Å². The first kappa shape index (κ1) is 15.5. The lowest BCUT2D eigenvalue weighted by Gasteiger charge is -2.20. The number of anilines is 1. The highest BCUT2D eigenvalue weighted by molar-refractivity contribution is 7.90. The summed E-state index contributed by atoms with van der Waals surface area (Å²) in [5.41, 5.74) is -0.0312. The van der Waals surface area contributed by atoms with Crippen LogP contribution < -0.4 is 9.44 Å². The van der Waals surface area contributed by atoms with Gasteiger partial charge in [-0.2, -0.15) is 13.1 Å². The normalized spacial score (nSPS) is 12.2. The molecule has 0 aliphatic heterocycles. The van der Waals surface area contributed by atoms with Crippen molar-refractivity contribution in [2.24, 2.45) is 0 Å². The number of hydrogen-bond acceptors (Lipinski definition) is 3. The molecule has 1 rings (SSSR count). The van der Waals surface area contributed by atoms with Gasteiger partial charge in [-0.25, -0.2) is 0 Å². The molecule has 0 aliphatic rings. The summed E-state index contributed by atoms with van der Waals surface area (Å²) in [4.78, 5) is 11.1. The van der Waals surface area contributed by atoms with Gasteiger partial charge in [-0.1, -0.05) is 19.1 Å². The van der Waals surface area contributed by atoms with E-state index in [0.29, 0.717) is 17.8 Å². The summed E-state index contributed by atoms with van der Waals surface area (Å²) in [7, 11) is -3.57. The zero-order valence-corrected chi connectivity index (χ0v) is 11.9. The van der Waals surface area contributed by atoms with Crippen molar-refractivity contribution in [3.05, 3.63) is 29.8 Å². The van der Waals surface area contributed by atoms with Gasteiger partial charge < -0.3 is 5.11 Å². The molecule has 0 unspecified atom stereocenters. The minimum Gasteiger partial charge on any atom is -0.481 e. The van der Waals surface area contributed by atoms with Crippen LogP contribution in [0.3, 0.4) is 0 Å². The maximum absolute atomic E-state index is 11.5. The summed E-state index contributed by atoms with van der Waals surface area (Å²) in [6, 6.07) is 6.26. The van der Waals surface area contributed by atoms with Crippen molar-refractivity contribution < 1.29 is 18.3 Å². The summed E-state index contributed by atoms with van der Waals surface area (Å²) in [5.74, 6) is -0.937. The fourth-order valence-corrected chi connectivity index (χ4v) is 2.36. The molecule has 3 N–H and O–H groups in total. The van der Waals surface area contributed by atoms with Gasteiger partial charge in [0.25, 0.3) is 10.2 Å². The predicted octanol–water partition coefficient (Wildman–Crippen LogP) is 1.31. The van der Waals surface area contributed by atoms with E-state index in [1.807, 2.05) is 0 Å². The Labute approximate surface area is 113 Å². The maximum Gasteiger partial charge on any atom is 0.313 e. The molecule has 7 heteroatoms. The second-order valence-electron chi connectivity index (χ2n) is 4.61. The molecule has 6 nitrogen and oxygen atoms in total. The van der Waals surface area contributed by atoms with Gasteiger partial charge >= 0.3 is 5.97 Å². The van der Waals surface area contributed by atoms with E-state index in [2.05, 4.69) is 9.44 Å². The number of carbonyl (C=O) groups is 1. The van der Waals surface area contributed by atoms with E-state index in [-0.39, 0.29) is 0 Å². The first-order valence-electron chi connectivity index (χ1n) is 5.80. The summed E-state index contributed by atoms with van der Waals surface area (Å²) in [5, 5.41) is 9.10. The molecular weight excluding hydrogens is 268 g/mol. The number of hydrogen-bond donors (Lipinski definition) is 3. The van der Waals surface area contributed by atoms with Crippen molar-refractivity contribution in [1.82, 2.24) is 4.72 Å². The van der Waals surface area contributed by atoms with Crippen molar-refractivity contribution in [3.63, 3.8) is 0 Å². The zero-order valence-electron chi connectivity index (χ0n) is 11.1. The van der Waals surface area contributed by atoms with Gasteiger partial charge in [0.2, 0.25) is 0 Å². The van der Waals surface area contributed by atoms with Gasteiger partial charge in [-0.05, 0) is 31.5 Å². The molecule has 106 valence electrons. The fraction of sp³-hybridized carbons (Fsp3) is 0.417. The van der Waals surface area contributed by atoms with Gasteiger partial charge in [-0.15, -0.1) is 0 Å². The van der Waals surface area contributed by atoms with E-state index in [0.717, 1.165) is 0 Å². The minimum absolute atomic E-state index is 0.291. The number of carboxylic acid groups (broad SMARTS) is 1. The van der Waals surface area contributed by atoms with Crippen LogP contribution in [0.1, 0.15) is 26.3 Å². The van der Waals surface area contributed by atoms with E-state index in [1.165, 1.54) is 12.1 Å². The molecule has 0 saturated heterocycles. The standard InChI is InChI=1S/C12H18N2O4S/c1-4-13-19(17,18)14-10-7-5-9(6-8-10)12(2,3)11(15)16/h5-8,13-14H,4H2,1-3H3,(H,15,16). The molecule has 0 heterocycles. The molecule has 0 radical (unpaired) electrons. The molecule has 0 aliphatic carbocycles. The molecule has 1 aromatic carbocycles. The number of rotatable bonds is 6. The lowest BCUT2D eigenvalue weighted by molar-refractivity contribution is -0.142. The van der Waals surface area contributed by atoms with Crippen LogP contribution in [0.4, 0.5) is 5.69 Å². The summed E-state index contributed by atoms with van der Waals surface area (Å²) >= 11 is 0. The van der Waals surface area contributed by atoms with Crippen LogP contribution in [0.25, 0.3) is 0 Å². The highest BCUT2D eigenvalue weighted by atomic mass is 32.2. The number of carboxylic acids is 1. The Hall–Kier alpha value is -1.60. The predicted molar refractivity (Wildman–Crippen MR) is 73.3 cm³/mol. The number of aliphatic carboxylic acids is 1. The van der Waals surface area contributed by atoms with Gasteiger partial charge in [-0.3, -0.25) is 9.52 Å². The molecule has 0 fully saturated rings. The average Bonchev–Trinajstić information content (AvgIpc) is 2.28. The van der Waals surface area contributed by atoms with E-state index in [4.69, 9.17) is 5.11 Å². The van der Waals surface area contributed by atoms with Crippen LogP contribution in [0.2, 0.25) is 0 Å². The third kappa shape index (κ3) is 3.93. The van der Waals surface area contributed by atoms with E-state index >= 15 is 0 Å². The number of benzene rings is 1. The first-order valence-corrected chi connectivity index (χ1v) is 7.28. The Morgan fingerprint density at radius 1 is 1.26 bits per heavy atom. The molecule has 0 atom stereocenters. The van der Waals surface area contributed by atoms with E-state index in [9.17, 15) is 13.2 Å². The smallest absolute Gasteiger partial charge is 0.313 e. The Kier molecular flexibility index (Phi) is 4.54. The van der Waals surface area contributed by atoms with Gasteiger partial charge in [0.05, 0.1) is 5.41 Å². The van der Waals surface area contributed by atoms with Crippen LogP contribution in [0, 0.1) is 0 Å². The van der Waals surface area contributed by atoms with E-state index < -0.39 is 21.6 Å². The Balaban J connectivity index is 2.92. The van der Waals surface area contributed by atoms with Crippen LogP contribution in [-0.2, 0) is 20.4 Å². The van der Waals surface area contributed by atoms with Crippen molar-refractivity contribution in [2.45, 2.75) is 26.2 Å². The van der Waals surface area contributed by atoms with Crippen molar-refractivity contribution in [3.8, 4) is 0 Å². The maximum atomic E-state index is 11.5. The molecule has 0 spiro atoms. The third-order valence-electron chi connectivity index (χ3n) is 2.73. The minimum atomic E-state index is -3.57. The number of nitrogens with one attached hydrogen (secondary N) is 2. The molecule has 0 saturated carbocycles. The zero-order chi connectivity index (χ0) is 14.7. The Bertz CT molecular complexity index is 550. The first-order chi connectivity index (χ1) is 8.69. The summed E-state index contributed by atoms with van der Waals surface area (Å²) < 4.78 is 27.6. The molecule has 0 aromatic heterocycles. The van der Waals surface area contributed by atoms with Crippen molar-refractivity contribution in [2.75, 3.05) is 11.3 Å². The van der Waals surface area contributed by atoms with Crippen molar-refractivity contribution in [1.29, 1.82) is 0 Å². The van der Waals surface area contributed by atoms with Crippen LogP contribution in [0.5, 0.6) is 0 Å². The fourth-order valence-electron chi connectivity index (χ4n) is 1.46. The van der Waals surface area contributed by atoms with E-state index in [1.54, 1.807) is 32.9 Å². The molecule has 0 amide bonds. The van der Waals surface area contributed by atoms with Crippen molar-refractivity contribution >= 4 is 21.9 Å². The highest BCUT2D eigenvalue weighted by Crippen LogP contribution is 2.24. The highest BCUT2D eigenvalue weighted by Gasteiger charge is 2.29. The lowest BCUT2D eigenvalue weighted by Crippen LogP contribution is -2.30. The molecule has 0 bridgehead atoms. The molecule has 1 aromatic rings. The van der Waals surface area contributed by atoms with Crippen LogP contribution in [0.15, 0.2) is 24.3 Å². The van der Waals surface area contributed by atoms with Gasteiger partial charge in [0.1, 0.15) is 0 Å². The quantitative estimate of drug-likeness (QED) is 0.735. The molecule has 19 heavy (non-hydrogen) atoms.